The van der Waals surface area contributed by atoms with Crippen LogP contribution in [0.25, 0.3) is 0 Å². The van der Waals surface area contributed by atoms with Gasteiger partial charge in [0, 0.05) is 17.5 Å². The molecule has 1 heterocycles. The number of halogens is 2. The molecule has 18 heavy (non-hydrogen) atoms. The van der Waals surface area contributed by atoms with E-state index in [1.165, 1.54) is 35.3 Å². The van der Waals surface area contributed by atoms with Crippen molar-refractivity contribution in [2.75, 3.05) is 0 Å². The van der Waals surface area contributed by atoms with E-state index in [2.05, 4.69) is 4.98 Å². The van der Waals surface area contributed by atoms with E-state index in [4.69, 9.17) is 5.73 Å². The van der Waals surface area contributed by atoms with Crippen LogP contribution in [-0.2, 0) is 17.8 Å². The van der Waals surface area contributed by atoms with Gasteiger partial charge >= 0.3 is 0 Å². The lowest BCUT2D eigenvalue weighted by Crippen LogP contribution is -2.17. The Hall–Kier alpha value is -2.24. The van der Waals surface area contributed by atoms with Gasteiger partial charge in [-0.3, -0.25) is 4.79 Å². The number of imidazole rings is 1. The summed E-state index contributed by atoms with van der Waals surface area (Å²) in [6, 6.07) is 3.67. The number of hydrogen-bond acceptors (Lipinski definition) is 2. The molecule has 2 aromatic rings. The quantitative estimate of drug-likeness (QED) is 0.888. The van der Waals surface area contributed by atoms with Crippen molar-refractivity contribution in [3.63, 3.8) is 0 Å². The predicted octanol–water partition coefficient (Wildman–Crippen LogP) is 1.24. The number of rotatable bonds is 4. The molecule has 0 bridgehead atoms. The number of aromatic nitrogens is 2. The topological polar surface area (TPSA) is 60.9 Å². The fourth-order valence-corrected chi connectivity index (χ4v) is 1.67. The molecule has 0 unspecified atom stereocenters. The van der Waals surface area contributed by atoms with Gasteiger partial charge in [0.05, 0.1) is 19.3 Å². The third-order valence-corrected chi connectivity index (χ3v) is 2.54. The number of benzene rings is 1. The van der Waals surface area contributed by atoms with Crippen LogP contribution in [-0.4, -0.2) is 15.5 Å². The summed E-state index contributed by atoms with van der Waals surface area (Å²) in [6.45, 7) is -0.0267. The number of nitrogens with two attached hydrogens (primary N) is 1. The van der Waals surface area contributed by atoms with Crippen molar-refractivity contribution in [3.05, 3.63) is 53.6 Å². The van der Waals surface area contributed by atoms with Gasteiger partial charge in [-0.05, 0) is 12.1 Å². The summed E-state index contributed by atoms with van der Waals surface area (Å²) in [5, 5.41) is 0. The van der Waals surface area contributed by atoms with Crippen LogP contribution >= 0.6 is 0 Å². The summed E-state index contributed by atoms with van der Waals surface area (Å²) in [5.41, 5.74) is 5.53. The van der Waals surface area contributed by atoms with Crippen molar-refractivity contribution < 1.29 is 13.6 Å². The van der Waals surface area contributed by atoms with Crippen LogP contribution in [0.2, 0.25) is 0 Å². The minimum atomic E-state index is -0.631. The summed E-state index contributed by atoms with van der Waals surface area (Å²) in [4.78, 5) is 14.7. The smallest absolute Gasteiger partial charge is 0.223 e. The Morgan fingerprint density at radius 1 is 1.33 bits per heavy atom. The Bertz CT molecular complexity index is 560. The molecule has 4 nitrogen and oxygen atoms in total. The molecular formula is C12H11F2N3O. The van der Waals surface area contributed by atoms with E-state index in [0.29, 0.717) is 5.69 Å². The summed E-state index contributed by atoms with van der Waals surface area (Å²) in [6.07, 6.45) is 2.84. The van der Waals surface area contributed by atoms with Crippen LogP contribution in [0.5, 0.6) is 0 Å². The molecule has 0 saturated heterocycles. The molecule has 0 saturated carbocycles. The maximum atomic E-state index is 13.5. The van der Waals surface area contributed by atoms with E-state index in [9.17, 15) is 13.6 Å². The highest BCUT2D eigenvalue weighted by molar-refractivity contribution is 5.76. The Balaban J connectivity index is 2.29. The molecule has 0 aliphatic carbocycles. The van der Waals surface area contributed by atoms with Crippen LogP contribution in [0.1, 0.15) is 11.3 Å². The van der Waals surface area contributed by atoms with Gasteiger partial charge in [0.15, 0.2) is 0 Å². The maximum absolute atomic E-state index is 13.5. The summed E-state index contributed by atoms with van der Waals surface area (Å²) < 4.78 is 28.4. The molecule has 2 N–H and O–H groups in total. The van der Waals surface area contributed by atoms with Gasteiger partial charge in [-0.25, -0.2) is 13.8 Å². The fourth-order valence-electron chi connectivity index (χ4n) is 1.67. The number of primary amides is 1. The average Bonchev–Trinajstić information content (AvgIpc) is 2.70. The van der Waals surface area contributed by atoms with Crippen molar-refractivity contribution in [3.8, 4) is 0 Å². The first kappa shape index (κ1) is 12.2. The van der Waals surface area contributed by atoms with Crippen molar-refractivity contribution in [2.45, 2.75) is 13.0 Å². The van der Waals surface area contributed by atoms with E-state index < -0.39 is 17.5 Å². The van der Waals surface area contributed by atoms with E-state index in [1.807, 2.05) is 0 Å². The lowest BCUT2D eigenvalue weighted by molar-refractivity contribution is -0.117. The second-order valence-corrected chi connectivity index (χ2v) is 3.86. The van der Waals surface area contributed by atoms with E-state index in [0.717, 1.165) is 0 Å². The minimum absolute atomic E-state index is 0.0178. The van der Waals surface area contributed by atoms with E-state index in [-0.39, 0.29) is 18.5 Å². The molecule has 2 rings (SSSR count). The van der Waals surface area contributed by atoms with Gasteiger partial charge in [0.1, 0.15) is 11.6 Å². The lowest BCUT2D eigenvalue weighted by atomic mass is 10.2. The molecule has 0 spiro atoms. The third-order valence-electron chi connectivity index (χ3n) is 2.54. The number of amides is 1. The lowest BCUT2D eigenvalue weighted by Gasteiger charge is -2.08. The first-order valence-electron chi connectivity index (χ1n) is 5.28. The molecular weight excluding hydrogens is 240 g/mol. The number of nitrogens with zero attached hydrogens (tertiary/aromatic N) is 2. The van der Waals surface area contributed by atoms with Crippen LogP contribution in [0.4, 0.5) is 8.78 Å². The Labute approximate surface area is 102 Å². The molecule has 1 aromatic carbocycles. The number of carbonyl (C=O) groups excluding carboxylic acids is 1. The minimum Gasteiger partial charge on any atom is -0.369 e. The highest BCUT2D eigenvalue weighted by Crippen LogP contribution is 2.14. The van der Waals surface area contributed by atoms with Crippen molar-refractivity contribution in [1.82, 2.24) is 9.55 Å². The van der Waals surface area contributed by atoms with Crippen molar-refractivity contribution >= 4 is 5.91 Å². The van der Waals surface area contributed by atoms with Crippen molar-refractivity contribution in [1.29, 1.82) is 0 Å². The van der Waals surface area contributed by atoms with Gasteiger partial charge in [0.2, 0.25) is 5.91 Å². The second-order valence-electron chi connectivity index (χ2n) is 3.86. The molecule has 0 aliphatic rings. The van der Waals surface area contributed by atoms with Crippen LogP contribution in [0.3, 0.4) is 0 Å². The maximum Gasteiger partial charge on any atom is 0.223 e. The Morgan fingerprint density at radius 2 is 2.00 bits per heavy atom. The normalized spacial score (nSPS) is 10.6. The summed E-state index contributed by atoms with van der Waals surface area (Å²) >= 11 is 0. The Kier molecular flexibility index (Phi) is 3.36. The average molecular weight is 251 g/mol. The molecule has 0 radical (unpaired) electrons. The molecule has 94 valence electrons. The van der Waals surface area contributed by atoms with Gasteiger partial charge in [-0.1, -0.05) is 6.07 Å². The van der Waals surface area contributed by atoms with E-state index >= 15 is 0 Å². The summed E-state index contributed by atoms with van der Waals surface area (Å²) in [7, 11) is 0. The van der Waals surface area contributed by atoms with Crippen molar-refractivity contribution in [2.24, 2.45) is 5.73 Å². The highest BCUT2D eigenvalue weighted by atomic mass is 19.1. The van der Waals surface area contributed by atoms with Gasteiger partial charge < -0.3 is 10.3 Å². The zero-order valence-electron chi connectivity index (χ0n) is 9.44. The monoisotopic (exact) mass is 251 g/mol. The molecule has 1 amide bonds. The number of carbonyl (C=O) groups is 1. The third kappa shape index (κ3) is 2.53. The molecule has 0 atom stereocenters. The van der Waals surface area contributed by atoms with Gasteiger partial charge in [0.25, 0.3) is 0 Å². The number of hydrogen-bond donors (Lipinski definition) is 1. The molecule has 0 aliphatic heterocycles. The SMILES string of the molecule is NC(=O)Cc1cncn1Cc1c(F)cccc1F. The molecule has 6 heteroatoms. The molecule has 0 fully saturated rings. The highest BCUT2D eigenvalue weighted by Gasteiger charge is 2.12. The van der Waals surface area contributed by atoms with Crippen LogP contribution in [0.15, 0.2) is 30.7 Å². The standard InChI is InChI=1S/C12H11F2N3O/c13-10-2-1-3-11(14)9(10)6-17-7-16-5-8(17)4-12(15)18/h1-3,5,7H,4,6H2,(H2,15,18). The zero-order chi connectivity index (χ0) is 13.1. The van der Waals surface area contributed by atoms with Crippen LogP contribution in [0, 0.1) is 11.6 Å². The molecule has 1 aromatic heterocycles. The second kappa shape index (κ2) is 4.95. The largest absolute Gasteiger partial charge is 0.369 e. The fraction of sp³-hybridized carbons (Fsp3) is 0.167. The summed E-state index contributed by atoms with van der Waals surface area (Å²) in [5.74, 6) is -1.78. The Morgan fingerprint density at radius 3 is 2.61 bits per heavy atom. The first-order valence-corrected chi connectivity index (χ1v) is 5.28. The van der Waals surface area contributed by atoms with E-state index in [1.54, 1.807) is 0 Å². The zero-order valence-corrected chi connectivity index (χ0v) is 9.44. The van der Waals surface area contributed by atoms with Crippen LogP contribution < -0.4 is 5.73 Å². The van der Waals surface area contributed by atoms with Gasteiger partial charge in [-0.15, -0.1) is 0 Å². The first-order chi connectivity index (χ1) is 8.58. The predicted molar refractivity (Wildman–Crippen MR) is 60.6 cm³/mol. The van der Waals surface area contributed by atoms with Gasteiger partial charge in [-0.2, -0.15) is 0 Å².